The van der Waals surface area contributed by atoms with Crippen LogP contribution in [-0.4, -0.2) is 25.7 Å². The summed E-state index contributed by atoms with van der Waals surface area (Å²) in [4.78, 5) is 16.5. The second kappa shape index (κ2) is 11.0. The van der Waals surface area contributed by atoms with Gasteiger partial charge in [0, 0.05) is 30.3 Å². The summed E-state index contributed by atoms with van der Waals surface area (Å²) >= 11 is 1.52. The lowest BCUT2D eigenvalue weighted by Gasteiger charge is -2.12. The van der Waals surface area contributed by atoms with E-state index >= 15 is 0 Å². The highest BCUT2D eigenvalue weighted by Gasteiger charge is 2.16. The molecule has 170 valence electrons. The summed E-state index contributed by atoms with van der Waals surface area (Å²) in [6, 6.07) is 10.1. The number of hydrogen-bond donors (Lipinski definition) is 1. The first-order valence-corrected chi connectivity index (χ1v) is 11.9. The van der Waals surface area contributed by atoms with E-state index in [1.165, 1.54) is 29.5 Å². The fourth-order valence-corrected chi connectivity index (χ4v) is 4.39. The Balaban J connectivity index is 1.43. The molecule has 1 aliphatic carbocycles. The first kappa shape index (κ1) is 22.9. The van der Waals surface area contributed by atoms with Crippen molar-refractivity contribution in [3.05, 3.63) is 89.8 Å². The maximum atomic E-state index is 13.5. The minimum absolute atomic E-state index is 0.0393. The van der Waals surface area contributed by atoms with E-state index in [0.717, 1.165) is 17.7 Å². The van der Waals surface area contributed by atoms with E-state index in [-0.39, 0.29) is 18.3 Å². The number of rotatable bonds is 9. The van der Waals surface area contributed by atoms with Crippen LogP contribution in [0.1, 0.15) is 37.6 Å². The van der Waals surface area contributed by atoms with Crippen LogP contribution in [0.2, 0.25) is 0 Å². The highest BCUT2D eigenvalue weighted by atomic mass is 32.2. The smallest absolute Gasteiger partial charge is 0.220 e. The van der Waals surface area contributed by atoms with Crippen LogP contribution in [0.15, 0.2) is 77.7 Å². The summed E-state index contributed by atoms with van der Waals surface area (Å²) in [6.07, 6.45) is 12.2. The molecule has 8 heteroatoms. The van der Waals surface area contributed by atoms with E-state index in [4.69, 9.17) is 0 Å². The number of carbonyl (C=O) groups excluding carboxylic acids is 1. The monoisotopic (exact) mass is 463 g/mol. The Labute approximate surface area is 197 Å². The van der Waals surface area contributed by atoms with Crippen LogP contribution in [-0.2, 0) is 17.1 Å². The molecule has 1 unspecified atom stereocenters. The van der Waals surface area contributed by atoms with Crippen LogP contribution in [0.25, 0.3) is 5.69 Å². The third-order valence-electron chi connectivity index (χ3n) is 5.38. The minimum Gasteiger partial charge on any atom is -0.349 e. The molecule has 0 spiro atoms. The molecule has 6 nitrogen and oxygen atoms in total. The topological polar surface area (TPSA) is 72.7 Å². The standard InChI is InChI=1S/C25H26FN5OS/c1-18-2-4-19(5-3-18)6-11-24(32)28-16-23-29-30-25(33-17-20-12-14-27-15-13-20)31(23)22-9-7-21(26)8-10-22/h2,4-5,7-10,12-15,18H,3,6,11,16-17H2,1H3,(H,28,32). The summed E-state index contributed by atoms with van der Waals surface area (Å²) in [5.41, 5.74) is 3.06. The highest BCUT2D eigenvalue weighted by molar-refractivity contribution is 7.98. The van der Waals surface area contributed by atoms with Crippen molar-refractivity contribution in [1.82, 2.24) is 25.1 Å². The normalized spacial score (nSPS) is 15.3. The quantitative estimate of drug-likeness (QED) is 0.452. The molecule has 1 N–H and O–H groups in total. The van der Waals surface area contributed by atoms with Crippen LogP contribution >= 0.6 is 11.8 Å². The average Bonchev–Trinajstić information content (AvgIpc) is 3.25. The first-order valence-electron chi connectivity index (χ1n) is 10.9. The minimum atomic E-state index is -0.312. The van der Waals surface area contributed by atoms with Gasteiger partial charge in [-0.05, 0) is 60.7 Å². The van der Waals surface area contributed by atoms with Gasteiger partial charge >= 0.3 is 0 Å². The fourth-order valence-electron chi connectivity index (χ4n) is 3.47. The summed E-state index contributed by atoms with van der Waals surface area (Å²) in [7, 11) is 0. The number of nitrogens with zero attached hydrogens (tertiary/aromatic N) is 4. The van der Waals surface area contributed by atoms with Gasteiger partial charge < -0.3 is 5.32 Å². The molecule has 33 heavy (non-hydrogen) atoms. The molecule has 0 saturated carbocycles. The zero-order valence-electron chi connectivity index (χ0n) is 18.4. The maximum absolute atomic E-state index is 13.5. The number of halogens is 1. The SMILES string of the molecule is CC1C=CC(CCC(=O)NCc2nnc(SCc3ccncc3)n2-c2ccc(F)cc2)=CC1. The molecule has 0 saturated heterocycles. The zero-order valence-corrected chi connectivity index (χ0v) is 19.3. The van der Waals surface area contributed by atoms with Crippen molar-refractivity contribution in [2.75, 3.05) is 0 Å². The van der Waals surface area contributed by atoms with Crippen molar-refractivity contribution in [2.45, 2.75) is 43.6 Å². The van der Waals surface area contributed by atoms with Crippen molar-refractivity contribution in [3.63, 3.8) is 0 Å². The molecule has 0 fully saturated rings. The average molecular weight is 464 g/mol. The van der Waals surface area contributed by atoms with Crippen LogP contribution in [0.4, 0.5) is 4.39 Å². The molecule has 1 aromatic carbocycles. The Kier molecular flexibility index (Phi) is 7.67. The summed E-state index contributed by atoms with van der Waals surface area (Å²) in [6.45, 7) is 2.42. The molecule has 0 bridgehead atoms. The van der Waals surface area contributed by atoms with Gasteiger partial charge in [0.25, 0.3) is 0 Å². The number of aromatic nitrogens is 4. The molecule has 1 aliphatic rings. The van der Waals surface area contributed by atoms with Gasteiger partial charge in [0.1, 0.15) is 5.82 Å². The molecular weight excluding hydrogens is 437 g/mol. The van der Waals surface area contributed by atoms with Crippen LogP contribution in [0.5, 0.6) is 0 Å². The highest BCUT2D eigenvalue weighted by Crippen LogP contribution is 2.25. The number of benzene rings is 1. The lowest BCUT2D eigenvalue weighted by Crippen LogP contribution is -2.24. The van der Waals surface area contributed by atoms with E-state index in [1.807, 2.05) is 16.7 Å². The molecule has 1 amide bonds. The van der Waals surface area contributed by atoms with Crippen LogP contribution in [0.3, 0.4) is 0 Å². The van der Waals surface area contributed by atoms with Crippen LogP contribution in [0, 0.1) is 11.7 Å². The number of amides is 1. The predicted molar refractivity (Wildman–Crippen MR) is 127 cm³/mol. The van der Waals surface area contributed by atoms with Gasteiger partial charge in [-0.2, -0.15) is 0 Å². The number of allylic oxidation sites excluding steroid dienone is 4. The predicted octanol–water partition coefficient (Wildman–Crippen LogP) is 5.01. The molecule has 1 atom stereocenters. The van der Waals surface area contributed by atoms with Crippen molar-refractivity contribution < 1.29 is 9.18 Å². The Morgan fingerprint density at radius 2 is 1.97 bits per heavy atom. The first-order chi connectivity index (χ1) is 16.1. The summed E-state index contributed by atoms with van der Waals surface area (Å²) in [5.74, 6) is 1.50. The van der Waals surface area contributed by atoms with Crippen molar-refractivity contribution in [1.29, 1.82) is 0 Å². The van der Waals surface area contributed by atoms with E-state index in [0.29, 0.717) is 35.5 Å². The second-order valence-corrected chi connectivity index (χ2v) is 8.93. The van der Waals surface area contributed by atoms with E-state index in [1.54, 1.807) is 24.5 Å². The van der Waals surface area contributed by atoms with E-state index < -0.39 is 0 Å². The van der Waals surface area contributed by atoms with Gasteiger partial charge in [-0.3, -0.25) is 14.3 Å². The van der Waals surface area contributed by atoms with E-state index in [9.17, 15) is 9.18 Å². The molecule has 2 aromatic heterocycles. The number of thioether (sulfide) groups is 1. The van der Waals surface area contributed by atoms with Gasteiger partial charge in [0.2, 0.25) is 5.91 Å². The molecular formula is C25H26FN5OS. The lowest BCUT2D eigenvalue weighted by atomic mass is 9.96. The molecule has 0 aliphatic heterocycles. The maximum Gasteiger partial charge on any atom is 0.220 e. The molecule has 4 rings (SSSR count). The largest absolute Gasteiger partial charge is 0.349 e. The second-order valence-electron chi connectivity index (χ2n) is 7.98. The van der Waals surface area contributed by atoms with Crippen molar-refractivity contribution in [3.8, 4) is 5.69 Å². The van der Waals surface area contributed by atoms with Gasteiger partial charge in [-0.25, -0.2) is 4.39 Å². The summed E-state index contributed by atoms with van der Waals surface area (Å²) < 4.78 is 15.4. The number of carbonyl (C=O) groups is 1. The van der Waals surface area contributed by atoms with Gasteiger partial charge in [0.05, 0.1) is 6.54 Å². The van der Waals surface area contributed by atoms with Crippen molar-refractivity contribution >= 4 is 17.7 Å². The Hall–Kier alpha value is -3.26. The molecule has 3 aromatic rings. The van der Waals surface area contributed by atoms with E-state index in [2.05, 4.69) is 45.6 Å². The van der Waals surface area contributed by atoms with Crippen LogP contribution < -0.4 is 5.32 Å². The zero-order chi connectivity index (χ0) is 23.0. The molecule has 0 radical (unpaired) electrons. The summed E-state index contributed by atoms with van der Waals surface area (Å²) in [5, 5.41) is 12.3. The Bertz CT molecular complexity index is 1140. The number of pyridine rings is 1. The molecule has 2 heterocycles. The number of nitrogens with one attached hydrogen (secondary N) is 1. The van der Waals surface area contributed by atoms with Gasteiger partial charge in [-0.15, -0.1) is 10.2 Å². The Morgan fingerprint density at radius 1 is 1.18 bits per heavy atom. The van der Waals surface area contributed by atoms with Gasteiger partial charge in [-0.1, -0.05) is 42.5 Å². The van der Waals surface area contributed by atoms with Gasteiger partial charge in [0.15, 0.2) is 11.0 Å². The number of hydrogen-bond acceptors (Lipinski definition) is 5. The Morgan fingerprint density at radius 3 is 2.70 bits per heavy atom. The third kappa shape index (κ3) is 6.38. The van der Waals surface area contributed by atoms with Crippen molar-refractivity contribution in [2.24, 2.45) is 5.92 Å². The lowest BCUT2D eigenvalue weighted by molar-refractivity contribution is -0.121. The third-order valence-corrected chi connectivity index (χ3v) is 6.38. The fraction of sp³-hybridized carbons (Fsp3) is 0.280.